The quantitative estimate of drug-likeness (QED) is 0.592. The lowest BCUT2D eigenvalue weighted by molar-refractivity contribution is -0.120. The first-order valence-corrected chi connectivity index (χ1v) is 10.9. The molecule has 8 nitrogen and oxygen atoms in total. The molecular weight excluding hydrogens is 414 g/mol. The highest BCUT2D eigenvalue weighted by Gasteiger charge is 2.28. The Morgan fingerprint density at radius 3 is 2.71 bits per heavy atom. The highest BCUT2D eigenvalue weighted by molar-refractivity contribution is 7.16. The molecule has 0 bridgehead atoms. The summed E-state index contributed by atoms with van der Waals surface area (Å²) in [6.45, 7) is 1.36. The van der Waals surface area contributed by atoms with Crippen LogP contribution in [0.4, 0.5) is 11.1 Å². The molecule has 1 saturated heterocycles. The number of carbonyl (C=O) groups is 2. The standard InChI is InChI=1S/C22H23N5O3S/c1-30-20(29)18-17(13-15-7-3-2-4-8-15)31-22(25-18)26-19(28)16-9-5-12-27(14-16)21-23-10-6-11-24-21/h2-4,6-8,10-11,16H,5,9,12-14H2,1H3,(H,25,26,28)/t16-/m0/s1. The van der Waals surface area contributed by atoms with Gasteiger partial charge in [0.15, 0.2) is 10.8 Å². The summed E-state index contributed by atoms with van der Waals surface area (Å²) in [6, 6.07) is 11.6. The van der Waals surface area contributed by atoms with E-state index >= 15 is 0 Å². The van der Waals surface area contributed by atoms with Crippen molar-refractivity contribution in [2.75, 3.05) is 30.4 Å². The molecular formula is C22H23N5O3S. The first kappa shape index (κ1) is 20.9. The second-order valence-electron chi connectivity index (χ2n) is 7.27. The Balaban J connectivity index is 1.48. The van der Waals surface area contributed by atoms with Crippen LogP contribution in [0.2, 0.25) is 0 Å². The molecule has 1 aliphatic heterocycles. The van der Waals surface area contributed by atoms with Crippen LogP contribution < -0.4 is 10.2 Å². The Hall–Kier alpha value is -3.33. The molecule has 1 N–H and O–H groups in total. The minimum atomic E-state index is -0.507. The van der Waals surface area contributed by atoms with Gasteiger partial charge in [-0.25, -0.2) is 19.7 Å². The van der Waals surface area contributed by atoms with E-state index in [1.54, 1.807) is 18.5 Å². The average Bonchev–Trinajstić information content (AvgIpc) is 3.21. The van der Waals surface area contributed by atoms with Gasteiger partial charge in [0.05, 0.1) is 13.0 Å². The number of carbonyl (C=O) groups excluding carboxylic acids is 2. The summed E-state index contributed by atoms with van der Waals surface area (Å²) in [5.41, 5.74) is 1.30. The third-order valence-electron chi connectivity index (χ3n) is 5.14. The van der Waals surface area contributed by atoms with Crippen LogP contribution in [0, 0.1) is 5.92 Å². The minimum absolute atomic E-state index is 0.114. The Kier molecular flexibility index (Phi) is 6.51. The molecule has 160 valence electrons. The van der Waals surface area contributed by atoms with E-state index in [2.05, 4.69) is 20.3 Å². The van der Waals surface area contributed by atoms with Crippen LogP contribution in [-0.2, 0) is 16.0 Å². The molecule has 0 spiro atoms. The molecule has 0 unspecified atom stereocenters. The molecule has 4 rings (SSSR count). The maximum atomic E-state index is 12.9. The van der Waals surface area contributed by atoms with Crippen LogP contribution >= 0.6 is 11.3 Å². The maximum absolute atomic E-state index is 12.9. The summed E-state index contributed by atoms with van der Waals surface area (Å²) < 4.78 is 4.88. The Labute approximate surface area is 184 Å². The van der Waals surface area contributed by atoms with Crippen molar-refractivity contribution in [3.63, 3.8) is 0 Å². The number of aromatic nitrogens is 3. The topological polar surface area (TPSA) is 97.3 Å². The number of nitrogens with zero attached hydrogens (tertiary/aromatic N) is 4. The second-order valence-corrected chi connectivity index (χ2v) is 8.35. The molecule has 2 aromatic heterocycles. The van der Waals surface area contributed by atoms with Crippen molar-refractivity contribution in [3.8, 4) is 0 Å². The Morgan fingerprint density at radius 1 is 1.19 bits per heavy atom. The summed E-state index contributed by atoms with van der Waals surface area (Å²) in [6.07, 6.45) is 5.60. The number of thiazole rings is 1. The van der Waals surface area contributed by atoms with Crippen molar-refractivity contribution < 1.29 is 14.3 Å². The number of anilines is 2. The summed E-state index contributed by atoms with van der Waals surface area (Å²) in [7, 11) is 1.33. The molecule has 3 heterocycles. The van der Waals surface area contributed by atoms with Gasteiger partial charge in [-0.15, -0.1) is 11.3 Å². The molecule has 31 heavy (non-hydrogen) atoms. The van der Waals surface area contributed by atoms with Crippen LogP contribution in [0.1, 0.15) is 33.8 Å². The van der Waals surface area contributed by atoms with E-state index in [0.29, 0.717) is 24.0 Å². The Morgan fingerprint density at radius 2 is 1.97 bits per heavy atom. The van der Waals surface area contributed by atoms with Crippen LogP contribution in [0.5, 0.6) is 0 Å². The summed E-state index contributed by atoms with van der Waals surface area (Å²) in [5, 5.41) is 3.31. The van der Waals surface area contributed by atoms with Gasteiger partial charge in [-0.1, -0.05) is 30.3 Å². The van der Waals surface area contributed by atoms with E-state index in [1.165, 1.54) is 18.4 Å². The highest BCUT2D eigenvalue weighted by atomic mass is 32.1. The number of benzene rings is 1. The van der Waals surface area contributed by atoms with Gasteiger partial charge >= 0.3 is 5.97 Å². The number of piperidine rings is 1. The Bertz CT molecular complexity index is 1040. The van der Waals surface area contributed by atoms with Crippen molar-refractivity contribution >= 4 is 34.3 Å². The number of methoxy groups -OCH3 is 1. The first-order valence-electron chi connectivity index (χ1n) is 10.1. The van der Waals surface area contributed by atoms with E-state index in [0.717, 1.165) is 29.8 Å². The number of nitrogens with one attached hydrogen (secondary N) is 1. The highest BCUT2D eigenvalue weighted by Crippen LogP contribution is 2.28. The largest absolute Gasteiger partial charge is 0.464 e. The summed E-state index contributed by atoms with van der Waals surface area (Å²) in [5.74, 6) is -0.196. The third kappa shape index (κ3) is 5.05. The number of esters is 1. The van der Waals surface area contributed by atoms with Gasteiger partial charge in [0.2, 0.25) is 11.9 Å². The second kappa shape index (κ2) is 9.65. The van der Waals surface area contributed by atoms with Gasteiger partial charge < -0.3 is 15.0 Å². The van der Waals surface area contributed by atoms with E-state index < -0.39 is 5.97 Å². The number of hydrogen-bond acceptors (Lipinski definition) is 8. The number of rotatable bonds is 6. The SMILES string of the molecule is COC(=O)c1nc(NC(=O)[C@H]2CCCN(c3ncccn3)C2)sc1Cc1ccccc1. The monoisotopic (exact) mass is 437 g/mol. The molecule has 1 aliphatic rings. The lowest BCUT2D eigenvalue weighted by atomic mass is 9.97. The van der Waals surface area contributed by atoms with Crippen molar-refractivity contribution in [2.45, 2.75) is 19.3 Å². The van der Waals surface area contributed by atoms with Gasteiger partial charge in [0, 0.05) is 36.8 Å². The molecule has 0 aliphatic carbocycles. The number of hydrogen-bond donors (Lipinski definition) is 1. The summed E-state index contributed by atoms with van der Waals surface area (Å²) in [4.78, 5) is 40.9. The van der Waals surface area contributed by atoms with Gasteiger partial charge in [-0.05, 0) is 24.5 Å². The molecule has 1 atom stereocenters. The predicted octanol–water partition coefficient (Wildman–Crippen LogP) is 3.17. The maximum Gasteiger partial charge on any atom is 0.357 e. The molecule has 1 aromatic carbocycles. The summed E-state index contributed by atoms with van der Waals surface area (Å²) >= 11 is 1.31. The first-order chi connectivity index (χ1) is 15.1. The molecule has 3 aromatic rings. The van der Waals surface area contributed by atoms with E-state index in [9.17, 15) is 9.59 Å². The van der Waals surface area contributed by atoms with E-state index in [4.69, 9.17) is 4.74 Å². The van der Waals surface area contributed by atoms with Crippen molar-refractivity contribution in [3.05, 3.63) is 64.9 Å². The zero-order chi connectivity index (χ0) is 21.6. The molecule has 9 heteroatoms. The zero-order valence-electron chi connectivity index (χ0n) is 17.2. The van der Waals surface area contributed by atoms with Crippen LogP contribution in [0.15, 0.2) is 48.8 Å². The zero-order valence-corrected chi connectivity index (χ0v) is 18.0. The fourth-order valence-electron chi connectivity index (χ4n) is 3.60. The fourth-order valence-corrected chi connectivity index (χ4v) is 4.58. The third-order valence-corrected chi connectivity index (χ3v) is 6.11. The molecule has 1 fully saturated rings. The van der Waals surface area contributed by atoms with Crippen molar-refractivity contribution in [1.82, 2.24) is 15.0 Å². The van der Waals surface area contributed by atoms with Crippen molar-refractivity contribution in [1.29, 1.82) is 0 Å². The van der Waals surface area contributed by atoms with Gasteiger partial charge in [-0.2, -0.15) is 0 Å². The van der Waals surface area contributed by atoms with Gasteiger partial charge in [0.1, 0.15) is 0 Å². The van der Waals surface area contributed by atoms with Crippen molar-refractivity contribution in [2.24, 2.45) is 5.92 Å². The van der Waals surface area contributed by atoms with Crippen LogP contribution in [-0.4, -0.2) is 47.0 Å². The van der Waals surface area contributed by atoms with Crippen LogP contribution in [0.25, 0.3) is 0 Å². The molecule has 1 amide bonds. The minimum Gasteiger partial charge on any atom is -0.464 e. The number of amides is 1. The van der Waals surface area contributed by atoms with E-state index in [1.807, 2.05) is 35.2 Å². The van der Waals surface area contributed by atoms with E-state index in [-0.39, 0.29) is 17.5 Å². The van der Waals surface area contributed by atoms with Gasteiger partial charge in [0.25, 0.3) is 0 Å². The lowest BCUT2D eigenvalue weighted by Crippen LogP contribution is -2.41. The average molecular weight is 438 g/mol. The molecule has 0 saturated carbocycles. The smallest absolute Gasteiger partial charge is 0.357 e. The fraction of sp³-hybridized carbons (Fsp3) is 0.318. The number of ether oxygens (including phenoxy) is 1. The predicted molar refractivity (Wildman–Crippen MR) is 118 cm³/mol. The normalized spacial score (nSPS) is 16.0. The van der Waals surface area contributed by atoms with Gasteiger partial charge in [-0.3, -0.25) is 4.79 Å². The van der Waals surface area contributed by atoms with Crippen LogP contribution in [0.3, 0.4) is 0 Å². The lowest BCUT2D eigenvalue weighted by Gasteiger charge is -2.31. The molecule has 0 radical (unpaired) electrons.